The SMILES string of the molecule is O=S(=O)(c1ccc(F)c(Cl)c1)N1CCCC(c2nnc(-c3ccc4c(c3)OCO4)o2)C1. The number of nitrogens with zero attached hydrogens (tertiary/aromatic N) is 3. The van der Waals surface area contributed by atoms with Crippen molar-refractivity contribution in [3.63, 3.8) is 0 Å². The fraction of sp³-hybridized carbons (Fsp3) is 0.300. The van der Waals surface area contributed by atoms with Gasteiger partial charge in [-0.05, 0) is 49.2 Å². The maximum atomic E-state index is 13.4. The van der Waals surface area contributed by atoms with Gasteiger partial charge in [-0.25, -0.2) is 12.8 Å². The highest BCUT2D eigenvalue weighted by molar-refractivity contribution is 7.89. The number of hydrogen-bond acceptors (Lipinski definition) is 7. The molecule has 1 unspecified atom stereocenters. The monoisotopic (exact) mass is 465 g/mol. The molecule has 162 valence electrons. The second-order valence-corrected chi connectivity index (χ2v) is 9.64. The Kier molecular flexibility index (Phi) is 5.07. The van der Waals surface area contributed by atoms with Crippen LogP contribution in [0.15, 0.2) is 45.7 Å². The summed E-state index contributed by atoms with van der Waals surface area (Å²) in [6.07, 6.45) is 1.33. The first-order valence-corrected chi connectivity index (χ1v) is 11.4. The van der Waals surface area contributed by atoms with E-state index in [1.54, 1.807) is 18.2 Å². The van der Waals surface area contributed by atoms with E-state index in [1.807, 2.05) is 0 Å². The van der Waals surface area contributed by atoms with Crippen LogP contribution in [0.2, 0.25) is 5.02 Å². The lowest BCUT2D eigenvalue weighted by Gasteiger charge is -2.30. The maximum Gasteiger partial charge on any atom is 0.247 e. The van der Waals surface area contributed by atoms with Crippen molar-refractivity contribution in [1.82, 2.24) is 14.5 Å². The van der Waals surface area contributed by atoms with Gasteiger partial charge >= 0.3 is 0 Å². The molecule has 0 spiro atoms. The van der Waals surface area contributed by atoms with E-state index < -0.39 is 15.8 Å². The number of aromatic nitrogens is 2. The normalized spacial score (nSPS) is 19.0. The average molecular weight is 466 g/mol. The minimum absolute atomic E-state index is 0.0499. The van der Waals surface area contributed by atoms with Crippen LogP contribution in [0.5, 0.6) is 11.5 Å². The number of benzene rings is 2. The molecular formula is C20H17ClFN3O5S. The van der Waals surface area contributed by atoms with Gasteiger partial charge in [0.05, 0.1) is 15.8 Å². The molecule has 31 heavy (non-hydrogen) atoms. The molecule has 0 amide bonds. The van der Waals surface area contributed by atoms with Crippen molar-refractivity contribution in [3.8, 4) is 23.0 Å². The van der Waals surface area contributed by atoms with Crippen LogP contribution in [-0.4, -0.2) is 42.8 Å². The number of fused-ring (bicyclic) bond motifs is 1. The van der Waals surface area contributed by atoms with Gasteiger partial charge in [-0.1, -0.05) is 11.6 Å². The second kappa shape index (κ2) is 7.77. The Bertz CT molecular complexity index is 1250. The van der Waals surface area contributed by atoms with Crippen molar-refractivity contribution in [2.75, 3.05) is 19.9 Å². The van der Waals surface area contributed by atoms with Gasteiger partial charge in [0.1, 0.15) is 5.82 Å². The zero-order valence-corrected chi connectivity index (χ0v) is 17.7. The van der Waals surface area contributed by atoms with Crippen molar-refractivity contribution in [3.05, 3.63) is 53.1 Å². The van der Waals surface area contributed by atoms with Gasteiger partial charge in [-0.3, -0.25) is 0 Å². The Balaban J connectivity index is 1.37. The lowest BCUT2D eigenvalue weighted by molar-refractivity contribution is 0.174. The van der Waals surface area contributed by atoms with E-state index in [9.17, 15) is 12.8 Å². The van der Waals surface area contributed by atoms with Crippen LogP contribution in [-0.2, 0) is 10.0 Å². The fourth-order valence-electron chi connectivity index (χ4n) is 3.69. The highest BCUT2D eigenvalue weighted by atomic mass is 35.5. The lowest BCUT2D eigenvalue weighted by Crippen LogP contribution is -2.39. The first-order chi connectivity index (χ1) is 14.9. The number of sulfonamides is 1. The predicted octanol–water partition coefficient (Wildman–Crippen LogP) is 3.83. The molecular weight excluding hydrogens is 449 g/mol. The topological polar surface area (TPSA) is 94.8 Å². The molecule has 0 aliphatic carbocycles. The average Bonchev–Trinajstić information content (AvgIpc) is 3.45. The minimum atomic E-state index is -3.83. The van der Waals surface area contributed by atoms with Crippen LogP contribution in [0.4, 0.5) is 4.39 Å². The van der Waals surface area contributed by atoms with Gasteiger partial charge in [0.15, 0.2) is 11.5 Å². The summed E-state index contributed by atoms with van der Waals surface area (Å²) in [5, 5.41) is 8.02. The van der Waals surface area contributed by atoms with Crippen molar-refractivity contribution in [2.45, 2.75) is 23.7 Å². The standard InChI is InChI=1S/C20H17ClFN3O5S/c21-15-9-14(4-5-16(15)22)31(26,27)25-7-1-2-13(10-25)20-24-23-19(30-20)12-3-6-17-18(8-12)29-11-28-17/h3-6,8-9,13H,1-2,7,10-11H2. The molecule has 2 aromatic carbocycles. The first-order valence-electron chi connectivity index (χ1n) is 9.60. The van der Waals surface area contributed by atoms with Gasteiger partial charge in [0, 0.05) is 18.7 Å². The zero-order valence-electron chi connectivity index (χ0n) is 16.1. The summed E-state index contributed by atoms with van der Waals surface area (Å²) in [4.78, 5) is -0.0499. The third-order valence-electron chi connectivity index (χ3n) is 5.32. The zero-order chi connectivity index (χ0) is 21.6. The van der Waals surface area contributed by atoms with E-state index >= 15 is 0 Å². The summed E-state index contributed by atoms with van der Waals surface area (Å²) in [5.41, 5.74) is 0.684. The van der Waals surface area contributed by atoms with E-state index in [1.165, 1.54) is 10.4 Å². The summed E-state index contributed by atoms with van der Waals surface area (Å²) >= 11 is 5.77. The van der Waals surface area contributed by atoms with Crippen molar-refractivity contribution >= 4 is 21.6 Å². The molecule has 2 aliphatic rings. The number of halogens is 2. The van der Waals surface area contributed by atoms with Gasteiger partial charge in [0.25, 0.3) is 0 Å². The van der Waals surface area contributed by atoms with Crippen LogP contribution in [0.1, 0.15) is 24.7 Å². The number of hydrogen-bond donors (Lipinski definition) is 0. The Labute approximate surface area is 182 Å². The van der Waals surface area contributed by atoms with E-state index in [-0.39, 0.29) is 29.2 Å². The summed E-state index contributed by atoms with van der Waals surface area (Å²) in [6, 6.07) is 8.71. The van der Waals surface area contributed by atoms with Crippen LogP contribution < -0.4 is 9.47 Å². The predicted molar refractivity (Wildman–Crippen MR) is 108 cm³/mol. The van der Waals surface area contributed by atoms with E-state index in [0.717, 1.165) is 12.1 Å². The Hall–Kier alpha value is -2.69. The number of rotatable bonds is 4. The van der Waals surface area contributed by atoms with E-state index in [2.05, 4.69) is 10.2 Å². The molecule has 0 radical (unpaired) electrons. The van der Waals surface area contributed by atoms with Crippen LogP contribution in [0.3, 0.4) is 0 Å². The highest BCUT2D eigenvalue weighted by Crippen LogP contribution is 2.37. The van der Waals surface area contributed by atoms with Crippen LogP contribution >= 0.6 is 11.6 Å². The molecule has 1 aromatic heterocycles. The molecule has 0 saturated carbocycles. The summed E-state index contributed by atoms with van der Waals surface area (Å²) < 4.78 is 57.4. The third kappa shape index (κ3) is 3.75. The third-order valence-corrected chi connectivity index (χ3v) is 7.47. The summed E-state index contributed by atoms with van der Waals surface area (Å²) in [5.74, 6) is 1.01. The van der Waals surface area contributed by atoms with Gasteiger partial charge in [-0.15, -0.1) is 10.2 Å². The molecule has 2 aliphatic heterocycles. The Morgan fingerprint density at radius 1 is 1.10 bits per heavy atom. The van der Waals surface area contributed by atoms with Gasteiger partial charge < -0.3 is 13.9 Å². The first kappa shape index (κ1) is 20.2. The summed E-state index contributed by atoms with van der Waals surface area (Å²) in [6.45, 7) is 0.691. The molecule has 5 rings (SSSR count). The molecule has 0 bridgehead atoms. The molecule has 1 fully saturated rings. The number of ether oxygens (including phenoxy) is 2. The molecule has 1 atom stereocenters. The van der Waals surface area contributed by atoms with Gasteiger partial charge in [-0.2, -0.15) is 4.31 Å². The van der Waals surface area contributed by atoms with Crippen LogP contribution in [0.25, 0.3) is 11.5 Å². The Morgan fingerprint density at radius 2 is 1.94 bits per heavy atom. The molecule has 11 heteroatoms. The maximum absolute atomic E-state index is 13.4. The van der Waals surface area contributed by atoms with Crippen molar-refractivity contribution in [1.29, 1.82) is 0 Å². The van der Waals surface area contributed by atoms with E-state index in [0.29, 0.717) is 48.2 Å². The molecule has 3 aromatic rings. The minimum Gasteiger partial charge on any atom is -0.454 e. The lowest BCUT2D eigenvalue weighted by atomic mass is 10.00. The van der Waals surface area contributed by atoms with Crippen molar-refractivity contribution < 1.29 is 26.7 Å². The smallest absolute Gasteiger partial charge is 0.247 e. The number of piperidine rings is 1. The fourth-order valence-corrected chi connectivity index (χ4v) is 5.49. The molecule has 1 saturated heterocycles. The van der Waals surface area contributed by atoms with E-state index in [4.69, 9.17) is 25.5 Å². The van der Waals surface area contributed by atoms with Gasteiger partial charge in [0.2, 0.25) is 28.6 Å². The van der Waals surface area contributed by atoms with Crippen molar-refractivity contribution in [2.24, 2.45) is 0 Å². The molecule has 8 nitrogen and oxygen atoms in total. The van der Waals surface area contributed by atoms with Crippen LogP contribution in [0, 0.1) is 5.82 Å². The quantitative estimate of drug-likeness (QED) is 0.578. The second-order valence-electron chi connectivity index (χ2n) is 7.29. The highest BCUT2D eigenvalue weighted by Gasteiger charge is 2.33. The molecule has 3 heterocycles. The molecule has 0 N–H and O–H groups in total. The Morgan fingerprint density at radius 3 is 2.77 bits per heavy atom. The summed E-state index contributed by atoms with van der Waals surface area (Å²) in [7, 11) is -3.83. The largest absolute Gasteiger partial charge is 0.454 e.